The molecule has 0 aliphatic rings. The molecular weight excluding hydrogens is 236 g/mol. The lowest BCUT2D eigenvalue weighted by Crippen LogP contribution is -2.08. The van der Waals surface area contributed by atoms with Gasteiger partial charge in [-0.05, 0) is 23.5 Å². The lowest BCUT2D eigenvalue weighted by molar-refractivity contribution is -0.137. The average Bonchev–Trinajstić information content (AvgIpc) is 2.34. The van der Waals surface area contributed by atoms with Crippen molar-refractivity contribution in [1.29, 1.82) is 0 Å². The number of allylic oxidation sites excluding steroid dienone is 2. The van der Waals surface area contributed by atoms with Gasteiger partial charge in [0.2, 0.25) is 0 Å². The maximum atomic E-state index is 11.4. The fourth-order valence-corrected chi connectivity index (χ4v) is 1.59. The number of ether oxygens (including phenoxy) is 1. The minimum absolute atomic E-state index is 0.0289. The van der Waals surface area contributed by atoms with E-state index in [0.29, 0.717) is 6.61 Å². The second kappa shape index (κ2) is 6.93. The molecule has 1 rings (SSSR count). The van der Waals surface area contributed by atoms with Crippen LogP contribution in [0.3, 0.4) is 0 Å². The quantitative estimate of drug-likeness (QED) is 0.459. The van der Waals surface area contributed by atoms with Crippen LogP contribution < -0.4 is 0 Å². The van der Waals surface area contributed by atoms with Gasteiger partial charge in [0.1, 0.15) is 0 Å². The molecule has 2 nitrogen and oxygen atoms in total. The van der Waals surface area contributed by atoms with Crippen LogP contribution in [0.15, 0.2) is 48.1 Å². The average molecular weight is 258 g/mol. The van der Waals surface area contributed by atoms with Crippen LogP contribution in [0.1, 0.15) is 33.3 Å². The third-order valence-corrected chi connectivity index (χ3v) is 2.67. The molecule has 0 spiro atoms. The molecule has 19 heavy (non-hydrogen) atoms. The van der Waals surface area contributed by atoms with Gasteiger partial charge in [-0.1, -0.05) is 63.3 Å². The maximum absolute atomic E-state index is 11.4. The number of carbonyl (C=O) groups is 1. The van der Waals surface area contributed by atoms with Gasteiger partial charge in [0, 0.05) is 6.08 Å². The summed E-state index contributed by atoms with van der Waals surface area (Å²) in [4.78, 5) is 11.4. The van der Waals surface area contributed by atoms with Crippen LogP contribution in [-0.2, 0) is 9.53 Å². The van der Waals surface area contributed by atoms with Crippen molar-refractivity contribution < 1.29 is 9.53 Å². The summed E-state index contributed by atoms with van der Waals surface area (Å²) < 4.78 is 4.90. The predicted octanol–water partition coefficient (Wildman–Crippen LogP) is 4.24. The normalized spacial score (nSPS) is 12.7. The van der Waals surface area contributed by atoms with Crippen molar-refractivity contribution in [3.63, 3.8) is 0 Å². The van der Waals surface area contributed by atoms with E-state index in [1.807, 2.05) is 36.4 Å². The highest BCUT2D eigenvalue weighted by atomic mass is 16.5. The Hall–Kier alpha value is -1.83. The largest absolute Gasteiger partial charge is 0.463 e. The van der Waals surface area contributed by atoms with Gasteiger partial charge < -0.3 is 4.74 Å². The van der Waals surface area contributed by atoms with Crippen LogP contribution in [-0.4, -0.2) is 12.6 Å². The molecule has 2 heteroatoms. The predicted molar refractivity (Wildman–Crippen MR) is 79.6 cm³/mol. The molecule has 0 aromatic heterocycles. The fraction of sp³-hybridized carbons (Fsp3) is 0.353. The van der Waals surface area contributed by atoms with Crippen molar-refractivity contribution in [1.82, 2.24) is 0 Å². The monoisotopic (exact) mass is 258 g/mol. The molecule has 0 heterocycles. The molecule has 0 amide bonds. The summed E-state index contributed by atoms with van der Waals surface area (Å²) in [5, 5.41) is 0. The molecular formula is C17H22O2. The lowest BCUT2D eigenvalue weighted by atomic mass is 9.85. The van der Waals surface area contributed by atoms with Crippen LogP contribution in [0.5, 0.6) is 0 Å². The van der Waals surface area contributed by atoms with Crippen molar-refractivity contribution in [2.75, 3.05) is 6.61 Å². The Morgan fingerprint density at radius 3 is 2.32 bits per heavy atom. The summed E-state index contributed by atoms with van der Waals surface area (Å²) in [5.74, 6) is -0.300. The number of benzene rings is 1. The molecule has 0 saturated heterocycles. The summed E-state index contributed by atoms with van der Waals surface area (Å²) in [6, 6.07) is 10.1. The molecule has 102 valence electrons. The summed E-state index contributed by atoms with van der Waals surface area (Å²) >= 11 is 0. The Labute approximate surface area is 115 Å². The van der Waals surface area contributed by atoms with Crippen LogP contribution in [0.2, 0.25) is 0 Å². The van der Waals surface area contributed by atoms with Gasteiger partial charge in [-0.15, -0.1) is 0 Å². The van der Waals surface area contributed by atoms with E-state index in [1.165, 1.54) is 6.08 Å². The highest BCUT2D eigenvalue weighted by molar-refractivity contribution is 5.83. The first kappa shape index (κ1) is 15.2. The summed E-state index contributed by atoms with van der Waals surface area (Å²) in [6.45, 7) is 8.57. The van der Waals surface area contributed by atoms with E-state index in [4.69, 9.17) is 4.74 Å². The standard InChI is InChI=1S/C17H22O2/c1-5-19-16(18)12-11-15(17(2,3)4)13-14-9-7-6-8-10-14/h6-13H,5H2,1-4H3/b12-11-,15-13-. The number of hydrogen-bond donors (Lipinski definition) is 0. The Balaban J connectivity index is 2.97. The number of hydrogen-bond acceptors (Lipinski definition) is 2. The van der Waals surface area contributed by atoms with Crippen LogP contribution in [0.4, 0.5) is 0 Å². The maximum Gasteiger partial charge on any atom is 0.330 e. The molecule has 1 aromatic carbocycles. The molecule has 0 aliphatic heterocycles. The Bertz CT molecular complexity index is 462. The minimum atomic E-state index is -0.300. The molecule has 0 N–H and O–H groups in total. The first-order valence-corrected chi connectivity index (χ1v) is 6.55. The summed E-state index contributed by atoms with van der Waals surface area (Å²) in [7, 11) is 0. The SMILES string of the molecule is CCOC(=O)/C=C\C(=C\c1ccccc1)C(C)(C)C. The number of rotatable bonds is 4. The van der Waals surface area contributed by atoms with Crippen molar-refractivity contribution in [3.8, 4) is 0 Å². The smallest absolute Gasteiger partial charge is 0.330 e. The third kappa shape index (κ3) is 5.56. The Morgan fingerprint density at radius 1 is 1.16 bits per heavy atom. The molecule has 1 aromatic rings. The number of esters is 1. The highest BCUT2D eigenvalue weighted by Crippen LogP contribution is 2.28. The van der Waals surface area contributed by atoms with Gasteiger partial charge in [0.15, 0.2) is 0 Å². The first-order chi connectivity index (χ1) is 8.93. The first-order valence-electron chi connectivity index (χ1n) is 6.55. The zero-order chi connectivity index (χ0) is 14.3. The van der Waals surface area contributed by atoms with Crippen molar-refractivity contribution in [2.45, 2.75) is 27.7 Å². The van der Waals surface area contributed by atoms with E-state index in [1.54, 1.807) is 6.92 Å². The molecule has 0 fully saturated rings. The zero-order valence-corrected chi connectivity index (χ0v) is 12.1. The number of carbonyl (C=O) groups excluding carboxylic acids is 1. The molecule has 0 saturated carbocycles. The van der Waals surface area contributed by atoms with E-state index in [-0.39, 0.29) is 11.4 Å². The minimum Gasteiger partial charge on any atom is -0.463 e. The molecule has 0 unspecified atom stereocenters. The van der Waals surface area contributed by atoms with Crippen LogP contribution in [0.25, 0.3) is 6.08 Å². The second-order valence-corrected chi connectivity index (χ2v) is 5.35. The Morgan fingerprint density at radius 2 is 1.79 bits per heavy atom. The van der Waals surface area contributed by atoms with Crippen LogP contribution in [0, 0.1) is 5.41 Å². The van der Waals surface area contributed by atoms with Gasteiger partial charge >= 0.3 is 5.97 Å². The summed E-state index contributed by atoms with van der Waals surface area (Å²) in [5.41, 5.74) is 2.19. The highest BCUT2D eigenvalue weighted by Gasteiger charge is 2.14. The van der Waals surface area contributed by atoms with Gasteiger partial charge in [0.05, 0.1) is 6.61 Å². The van der Waals surface area contributed by atoms with Gasteiger partial charge in [0.25, 0.3) is 0 Å². The molecule has 0 bridgehead atoms. The molecule has 0 atom stereocenters. The molecule has 0 aliphatic carbocycles. The topological polar surface area (TPSA) is 26.3 Å². The van der Waals surface area contributed by atoms with Crippen LogP contribution >= 0.6 is 0 Å². The van der Waals surface area contributed by atoms with E-state index in [9.17, 15) is 4.79 Å². The fourth-order valence-electron chi connectivity index (χ4n) is 1.59. The van der Waals surface area contributed by atoms with Crippen molar-refractivity contribution >= 4 is 12.0 Å². The third-order valence-electron chi connectivity index (χ3n) is 2.67. The zero-order valence-electron chi connectivity index (χ0n) is 12.1. The van der Waals surface area contributed by atoms with Crippen molar-refractivity contribution in [3.05, 3.63) is 53.6 Å². The van der Waals surface area contributed by atoms with Gasteiger partial charge in [-0.2, -0.15) is 0 Å². The lowest BCUT2D eigenvalue weighted by Gasteiger charge is -2.20. The van der Waals surface area contributed by atoms with Gasteiger partial charge in [-0.25, -0.2) is 4.79 Å². The van der Waals surface area contributed by atoms with E-state index in [0.717, 1.165) is 11.1 Å². The summed E-state index contributed by atoms with van der Waals surface area (Å²) in [6.07, 6.45) is 5.42. The molecule has 0 radical (unpaired) electrons. The van der Waals surface area contributed by atoms with E-state index >= 15 is 0 Å². The van der Waals surface area contributed by atoms with Crippen molar-refractivity contribution in [2.24, 2.45) is 5.41 Å². The van der Waals surface area contributed by atoms with E-state index < -0.39 is 0 Å². The Kier molecular flexibility index (Phi) is 5.56. The van der Waals surface area contributed by atoms with E-state index in [2.05, 4.69) is 26.8 Å². The second-order valence-electron chi connectivity index (χ2n) is 5.35. The van der Waals surface area contributed by atoms with Gasteiger partial charge in [-0.3, -0.25) is 0 Å².